The Balaban J connectivity index is 2.79. The van der Waals surface area contributed by atoms with Gasteiger partial charge in [0.1, 0.15) is 24.0 Å². The number of hydrogen-bond acceptors (Lipinski definition) is 6. The van der Waals surface area contributed by atoms with Gasteiger partial charge in [0.15, 0.2) is 5.78 Å². The van der Waals surface area contributed by atoms with Gasteiger partial charge in [0.25, 0.3) is 0 Å². The lowest BCUT2D eigenvalue weighted by molar-refractivity contribution is -0.0789. The maximum Gasteiger partial charge on any atom is 0.179 e. The molecule has 0 aliphatic carbocycles. The predicted molar refractivity (Wildman–Crippen MR) is 52.7 cm³/mol. The molecular formula is C9H14N2O5. The Morgan fingerprint density at radius 3 is 2.56 bits per heavy atom. The Kier molecular flexibility index (Phi) is 4.13. The molecule has 1 rings (SSSR count). The standard InChI is InChI=1S/C9H14N2O5/c1-4(13)5-2-6(11-10-5)8(15)9(16)7(14)3-12/h2,7-9,12,14-16H,3H2,1H3,(H,10,11). The quantitative estimate of drug-likeness (QED) is 0.386. The third-order valence-electron chi connectivity index (χ3n) is 2.18. The molecule has 5 N–H and O–H groups in total. The summed E-state index contributed by atoms with van der Waals surface area (Å²) in [6.07, 6.45) is -4.45. The van der Waals surface area contributed by atoms with Gasteiger partial charge >= 0.3 is 0 Å². The van der Waals surface area contributed by atoms with Crippen LogP contribution < -0.4 is 0 Å². The van der Waals surface area contributed by atoms with Crippen LogP contribution in [0.2, 0.25) is 0 Å². The van der Waals surface area contributed by atoms with Crippen molar-refractivity contribution in [2.75, 3.05) is 6.61 Å². The molecule has 0 saturated heterocycles. The average molecular weight is 230 g/mol. The number of carbonyl (C=O) groups is 1. The van der Waals surface area contributed by atoms with E-state index < -0.39 is 24.9 Å². The maximum absolute atomic E-state index is 10.9. The van der Waals surface area contributed by atoms with Gasteiger partial charge in [-0.2, -0.15) is 5.10 Å². The van der Waals surface area contributed by atoms with E-state index in [-0.39, 0.29) is 17.2 Å². The summed E-state index contributed by atoms with van der Waals surface area (Å²) in [5.74, 6) is -0.285. The second-order valence-corrected chi connectivity index (χ2v) is 3.45. The fraction of sp³-hybridized carbons (Fsp3) is 0.556. The van der Waals surface area contributed by atoms with E-state index in [9.17, 15) is 15.0 Å². The van der Waals surface area contributed by atoms with Gasteiger partial charge in [0.2, 0.25) is 0 Å². The minimum absolute atomic E-state index is 0.102. The molecule has 0 bridgehead atoms. The van der Waals surface area contributed by atoms with Crippen LogP contribution >= 0.6 is 0 Å². The number of aliphatic hydroxyl groups excluding tert-OH is 4. The number of aliphatic hydroxyl groups is 4. The number of H-pyrrole nitrogens is 1. The lowest BCUT2D eigenvalue weighted by Gasteiger charge is -2.20. The van der Waals surface area contributed by atoms with Gasteiger partial charge < -0.3 is 20.4 Å². The molecule has 7 heteroatoms. The van der Waals surface area contributed by atoms with Crippen LogP contribution in [0.4, 0.5) is 0 Å². The summed E-state index contributed by atoms with van der Waals surface area (Å²) >= 11 is 0. The van der Waals surface area contributed by atoms with E-state index in [0.717, 1.165) is 0 Å². The van der Waals surface area contributed by atoms with Gasteiger partial charge in [0, 0.05) is 6.92 Å². The molecule has 90 valence electrons. The predicted octanol–water partition coefficient (Wildman–Crippen LogP) is -1.64. The molecule has 1 heterocycles. The molecule has 0 saturated carbocycles. The first-order valence-electron chi connectivity index (χ1n) is 4.68. The van der Waals surface area contributed by atoms with Gasteiger partial charge in [-0.1, -0.05) is 0 Å². The second kappa shape index (κ2) is 5.17. The summed E-state index contributed by atoms with van der Waals surface area (Å²) in [6, 6.07) is 1.28. The fourth-order valence-corrected chi connectivity index (χ4v) is 1.17. The summed E-state index contributed by atoms with van der Waals surface area (Å²) in [5, 5.41) is 42.7. The highest BCUT2D eigenvalue weighted by Gasteiger charge is 2.27. The average Bonchev–Trinajstić information content (AvgIpc) is 2.75. The number of carbonyl (C=O) groups excluding carboxylic acids is 1. The molecule has 0 radical (unpaired) electrons. The van der Waals surface area contributed by atoms with Crippen LogP contribution in [0.5, 0.6) is 0 Å². The number of aromatic amines is 1. The van der Waals surface area contributed by atoms with Gasteiger partial charge in [-0.05, 0) is 6.07 Å². The van der Waals surface area contributed by atoms with E-state index in [1.165, 1.54) is 13.0 Å². The summed E-state index contributed by atoms with van der Waals surface area (Å²) < 4.78 is 0. The first kappa shape index (κ1) is 12.8. The van der Waals surface area contributed by atoms with Crippen molar-refractivity contribution in [1.29, 1.82) is 0 Å². The fourth-order valence-electron chi connectivity index (χ4n) is 1.17. The molecule has 3 atom stereocenters. The summed E-state index contributed by atoms with van der Waals surface area (Å²) in [4.78, 5) is 10.9. The lowest BCUT2D eigenvalue weighted by atomic mass is 10.1. The topological polar surface area (TPSA) is 127 Å². The Morgan fingerprint density at radius 2 is 2.12 bits per heavy atom. The second-order valence-electron chi connectivity index (χ2n) is 3.45. The molecule has 0 fully saturated rings. The molecule has 1 aromatic rings. The minimum Gasteiger partial charge on any atom is -0.394 e. The zero-order chi connectivity index (χ0) is 12.3. The molecule has 1 aromatic heterocycles. The van der Waals surface area contributed by atoms with Crippen LogP contribution in [-0.4, -0.2) is 55.2 Å². The number of Topliss-reactive ketones (excluding diaryl/α,β-unsaturated/α-hetero) is 1. The van der Waals surface area contributed by atoms with Crippen LogP contribution in [0.25, 0.3) is 0 Å². The summed E-state index contributed by atoms with van der Waals surface area (Å²) in [6.45, 7) is 0.636. The molecular weight excluding hydrogens is 216 g/mol. The maximum atomic E-state index is 10.9. The van der Waals surface area contributed by atoms with Crippen molar-refractivity contribution in [2.24, 2.45) is 0 Å². The number of aromatic nitrogens is 2. The number of hydrogen-bond donors (Lipinski definition) is 5. The zero-order valence-electron chi connectivity index (χ0n) is 8.66. The number of nitrogens with one attached hydrogen (secondary N) is 1. The SMILES string of the molecule is CC(=O)c1cc(C(O)C(O)C(O)CO)[nH]n1. The van der Waals surface area contributed by atoms with Crippen LogP contribution in [0.15, 0.2) is 6.07 Å². The van der Waals surface area contributed by atoms with E-state index >= 15 is 0 Å². The van der Waals surface area contributed by atoms with Crippen molar-refractivity contribution >= 4 is 5.78 Å². The molecule has 3 unspecified atom stereocenters. The summed E-state index contributed by atoms with van der Waals surface area (Å²) in [5.41, 5.74) is 0.227. The van der Waals surface area contributed by atoms with Gasteiger partial charge in [-0.25, -0.2) is 0 Å². The smallest absolute Gasteiger partial charge is 0.179 e. The molecule has 0 amide bonds. The van der Waals surface area contributed by atoms with Crippen LogP contribution in [0, 0.1) is 0 Å². The van der Waals surface area contributed by atoms with E-state index in [1.807, 2.05) is 0 Å². The Bertz CT molecular complexity index is 365. The highest BCUT2D eigenvalue weighted by molar-refractivity contribution is 5.92. The lowest BCUT2D eigenvalue weighted by Crippen LogP contribution is -2.34. The van der Waals surface area contributed by atoms with Crippen molar-refractivity contribution in [2.45, 2.75) is 25.2 Å². The van der Waals surface area contributed by atoms with E-state index in [0.29, 0.717) is 0 Å². The Morgan fingerprint density at radius 1 is 1.50 bits per heavy atom. The monoisotopic (exact) mass is 230 g/mol. The van der Waals surface area contributed by atoms with E-state index in [2.05, 4.69) is 10.2 Å². The molecule has 16 heavy (non-hydrogen) atoms. The van der Waals surface area contributed by atoms with E-state index in [4.69, 9.17) is 10.2 Å². The highest BCUT2D eigenvalue weighted by atomic mass is 16.4. The van der Waals surface area contributed by atoms with Crippen molar-refractivity contribution in [3.63, 3.8) is 0 Å². The third kappa shape index (κ3) is 2.64. The first-order valence-corrected chi connectivity index (χ1v) is 4.68. The molecule has 0 aromatic carbocycles. The molecule has 0 spiro atoms. The van der Waals surface area contributed by atoms with Crippen molar-refractivity contribution in [3.8, 4) is 0 Å². The Labute approximate surface area is 91.4 Å². The highest BCUT2D eigenvalue weighted by Crippen LogP contribution is 2.17. The van der Waals surface area contributed by atoms with Crippen molar-refractivity contribution < 1.29 is 25.2 Å². The van der Waals surface area contributed by atoms with Crippen molar-refractivity contribution in [1.82, 2.24) is 10.2 Å². The van der Waals surface area contributed by atoms with E-state index in [1.54, 1.807) is 0 Å². The number of ketones is 1. The molecule has 7 nitrogen and oxygen atoms in total. The largest absolute Gasteiger partial charge is 0.394 e. The van der Waals surface area contributed by atoms with Crippen LogP contribution in [0.3, 0.4) is 0 Å². The number of nitrogens with zero attached hydrogens (tertiary/aromatic N) is 1. The van der Waals surface area contributed by atoms with Crippen LogP contribution in [0.1, 0.15) is 29.2 Å². The van der Waals surface area contributed by atoms with Crippen molar-refractivity contribution in [3.05, 3.63) is 17.5 Å². The summed E-state index contributed by atoms with van der Waals surface area (Å²) in [7, 11) is 0. The van der Waals surface area contributed by atoms with Gasteiger partial charge in [0.05, 0.1) is 12.3 Å². The van der Waals surface area contributed by atoms with Gasteiger partial charge in [-0.3, -0.25) is 9.89 Å². The van der Waals surface area contributed by atoms with Gasteiger partial charge in [-0.15, -0.1) is 0 Å². The zero-order valence-corrected chi connectivity index (χ0v) is 8.66. The minimum atomic E-state index is -1.55. The third-order valence-corrected chi connectivity index (χ3v) is 2.18. The van der Waals surface area contributed by atoms with Crippen LogP contribution in [-0.2, 0) is 0 Å². The molecule has 0 aliphatic rings. The number of rotatable bonds is 5. The normalized spacial score (nSPS) is 16.8. The Hall–Kier alpha value is -1.28. The molecule has 0 aliphatic heterocycles. The first-order chi connectivity index (χ1) is 7.47.